The highest BCUT2D eigenvalue weighted by Gasteiger charge is 2.18. The molecule has 0 spiro atoms. The molecule has 0 radical (unpaired) electrons. The average Bonchev–Trinajstić information content (AvgIpc) is 3.21. The van der Waals surface area contributed by atoms with Gasteiger partial charge >= 0.3 is 0 Å². The summed E-state index contributed by atoms with van der Waals surface area (Å²) in [6.07, 6.45) is 7.68. The number of amides is 2. The van der Waals surface area contributed by atoms with Crippen LogP contribution in [0.3, 0.4) is 0 Å². The summed E-state index contributed by atoms with van der Waals surface area (Å²) in [6, 6.07) is 13.1. The molecule has 146 valence electrons. The summed E-state index contributed by atoms with van der Waals surface area (Å²) < 4.78 is 5.18. The maximum atomic E-state index is 12.4. The van der Waals surface area contributed by atoms with Crippen LogP contribution in [-0.4, -0.2) is 25.0 Å². The Morgan fingerprint density at radius 3 is 2.61 bits per heavy atom. The quantitative estimate of drug-likeness (QED) is 0.735. The number of anilines is 1. The minimum Gasteiger partial charge on any atom is -0.497 e. The Hall–Kier alpha value is -3.08. The minimum absolute atomic E-state index is 0.0502. The molecule has 1 saturated carbocycles. The maximum Gasteiger partial charge on any atom is 0.251 e. The van der Waals surface area contributed by atoms with Crippen molar-refractivity contribution in [1.82, 2.24) is 5.32 Å². The number of benzene rings is 2. The van der Waals surface area contributed by atoms with E-state index < -0.39 is 0 Å². The largest absolute Gasteiger partial charge is 0.497 e. The van der Waals surface area contributed by atoms with E-state index in [1.54, 1.807) is 25.3 Å². The summed E-state index contributed by atoms with van der Waals surface area (Å²) in [5.74, 6) is 0.463. The fourth-order valence-corrected chi connectivity index (χ4v) is 3.38. The van der Waals surface area contributed by atoms with E-state index in [0.717, 1.165) is 29.7 Å². The van der Waals surface area contributed by atoms with Gasteiger partial charge in [0, 0.05) is 23.4 Å². The fourth-order valence-electron chi connectivity index (χ4n) is 3.38. The summed E-state index contributed by atoms with van der Waals surface area (Å²) in [5.41, 5.74) is 3.04. The molecule has 3 rings (SSSR count). The molecule has 0 atom stereocenters. The van der Waals surface area contributed by atoms with Gasteiger partial charge in [0.25, 0.3) is 5.91 Å². The number of carbonyl (C=O) groups excluding carboxylic acids is 2. The molecule has 28 heavy (non-hydrogen) atoms. The van der Waals surface area contributed by atoms with Gasteiger partial charge in [0.05, 0.1) is 7.11 Å². The monoisotopic (exact) mass is 378 g/mol. The zero-order valence-corrected chi connectivity index (χ0v) is 16.3. The highest BCUT2D eigenvalue weighted by Crippen LogP contribution is 2.20. The smallest absolute Gasteiger partial charge is 0.251 e. The van der Waals surface area contributed by atoms with Crippen LogP contribution in [0.15, 0.2) is 48.5 Å². The summed E-state index contributed by atoms with van der Waals surface area (Å²) in [7, 11) is 1.61. The van der Waals surface area contributed by atoms with E-state index in [1.807, 2.05) is 37.3 Å². The molecule has 0 bridgehead atoms. The summed E-state index contributed by atoms with van der Waals surface area (Å²) >= 11 is 0. The van der Waals surface area contributed by atoms with Crippen LogP contribution in [0.5, 0.6) is 5.75 Å². The van der Waals surface area contributed by atoms with Crippen LogP contribution in [0.1, 0.15) is 47.2 Å². The first-order valence-corrected chi connectivity index (χ1v) is 9.60. The first kappa shape index (κ1) is 19.7. The van der Waals surface area contributed by atoms with Crippen molar-refractivity contribution in [2.45, 2.75) is 38.6 Å². The molecule has 0 saturated heterocycles. The van der Waals surface area contributed by atoms with Crippen molar-refractivity contribution < 1.29 is 14.3 Å². The third-order valence-electron chi connectivity index (χ3n) is 4.96. The molecule has 1 fully saturated rings. The lowest BCUT2D eigenvalue weighted by molar-refractivity contribution is -0.111. The molecule has 1 aliphatic carbocycles. The molecule has 5 heteroatoms. The van der Waals surface area contributed by atoms with Gasteiger partial charge in [0.2, 0.25) is 5.91 Å². The van der Waals surface area contributed by atoms with E-state index in [1.165, 1.54) is 18.9 Å². The third-order valence-corrected chi connectivity index (χ3v) is 4.96. The number of methoxy groups -OCH3 is 1. The summed E-state index contributed by atoms with van der Waals surface area (Å²) in [5, 5.41) is 5.94. The second-order valence-corrected chi connectivity index (χ2v) is 7.08. The Bertz CT molecular complexity index is 883. The highest BCUT2D eigenvalue weighted by atomic mass is 16.5. The first-order valence-electron chi connectivity index (χ1n) is 9.60. The van der Waals surface area contributed by atoms with Crippen molar-refractivity contribution in [2.24, 2.45) is 0 Å². The lowest BCUT2D eigenvalue weighted by Gasteiger charge is -2.13. The number of carbonyl (C=O) groups is 2. The standard InChI is InChI=1S/C23H26N2O3/c1-16-14-18(23(27)24-19-7-3-4-8-19)11-12-21(16)25-22(26)13-10-17-6-5-9-20(15-17)28-2/h5-6,9-15,19H,3-4,7-8H2,1-2H3,(H,24,27)(H,25,26). The van der Waals surface area contributed by atoms with E-state index in [4.69, 9.17) is 4.74 Å². The van der Waals surface area contributed by atoms with E-state index >= 15 is 0 Å². The van der Waals surface area contributed by atoms with Crippen LogP contribution in [0.25, 0.3) is 6.08 Å². The van der Waals surface area contributed by atoms with Gasteiger partial charge in [0.15, 0.2) is 0 Å². The van der Waals surface area contributed by atoms with Gasteiger partial charge in [-0.1, -0.05) is 25.0 Å². The van der Waals surface area contributed by atoms with Gasteiger partial charge in [-0.05, 0) is 67.3 Å². The number of rotatable bonds is 6. The first-order chi connectivity index (χ1) is 13.5. The second-order valence-electron chi connectivity index (χ2n) is 7.08. The average molecular weight is 378 g/mol. The highest BCUT2D eigenvalue weighted by molar-refractivity contribution is 6.03. The molecule has 0 unspecified atom stereocenters. The van der Waals surface area contributed by atoms with Gasteiger partial charge in [-0.2, -0.15) is 0 Å². The Labute approximate surface area is 165 Å². The number of aryl methyl sites for hydroxylation is 1. The van der Waals surface area contributed by atoms with Gasteiger partial charge in [-0.15, -0.1) is 0 Å². The molecular weight excluding hydrogens is 352 g/mol. The summed E-state index contributed by atoms with van der Waals surface area (Å²) in [4.78, 5) is 24.6. The maximum absolute atomic E-state index is 12.4. The number of hydrogen-bond acceptors (Lipinski definition) is 3. The molecule has 1 aliphatic rings. The minimum atomic E-state index is -0.228. The van der Waals surface area contributed by atoms with Crippen LogP contribution < -0.4 is 15.4 Å². The Morgan fingerprint density at radius 1 is 1.11 bits per heavy atom. The second kappa shape index (κ2) is 9.22. The lowest BCUT2D eigenvalue weighted by Crippen LogP contribution is -2.32. The molecule has 0 aliphatic heterocycles. The zero-order valence-electron chi connectivity index (χ0n) is 16.3. The molecular formula is C23H26N2O3. The Balaban J connectivity index is 1.61. The van der Waals surface area contributed by atoms with Crippen molar-refractivity contribution in [1.29, 1.82) is 0 Å². The van der Waals surface area contributed by atoms with Crippen molar-refractivity contribution in [3.05, 3.63) is 65.2 Å². The SMILES string of the molecule is COc1cccc(C=CC(=O)Nc2ccc(C(=O)NC3CCCC3)cc2C)c1. The van der Waals surface area contributed by atoms with E-state index in [0.29, 0.717) is 11.3 Å². The van der Waals surface area contributed by atoms with Crippen LogP contribution in [0.2, 0.25) is 0 Å². The molecule has 0 heterocycles. The van der Waals surface area contributed by atoms with Crippen LogP contribution in [0.4, 0.5) is 5.69 Å². The topological polar surface area (TPSA) is 67.4 Å². The van der Waals surface area contributed by atoms with E-state index in [9.17, 15) is 9.59 Å². The number of hydrogen-bond donors (Lipinski definition) is 2. The van der Waals surface area contributed by atoms with E-state index in [2.05, 4.69) is 10.6 Å². The number of nitrogens with one attached hydrogen (secondary N) is 2. The molecule has 0 aromatic heterocycles. The van der Waals surface area contributed by atoms with Gasteiger partial charge < -0.3 is 15.4 Å². The predicted octanol–water partition coefficient (Wildman–Crippen LogP) is 4.33. The molecule has 2 aromatic rings. The fraction of sp³-hybridized carbons (Fsp3) is 0.304. The third kappa shape index (κ3) is 5.22. The van der Waals surface area contributed by atoms with Gasteiger partial charge in [-0.25, -0.2) is 0 Å². The predicted molar refractivity (Wildman–Crippen MR) is 112 cm³/mol. The molecule has 5 nitrogen and oxygen atoms in total. The summed E-state index contributed by atoms with van der Waals surface area (Å²) in [6.45, 7) is 1.88. The van der Waals surface area contributed by atoms with Crippen molar-refractivity contribution in [3.63, 3.8) is 0 Å². The van der Waals surface area contributed by atoms with Gasteiger partial charge in [-0.3, -0.25) is 9.59 Å². The lowest BCUT2D eigenvalue weighted by atomic mass is 10.1. The van der Waals surface area contributed by atoms with Crippen LogP contribution >= 0.6 is 0 Å². The van der Waals surface area contributed by atoms with Crippen molar-refractivity contribution in [2.75, 3.05) is 12.4 Å². The van der Waals surface area contributed by atoms with Crippen molar-refractivity contribution in [3.8, 4) is 5.75 Å². The molecule has 2 N–H and O–H groups in total. The molecule has 2 amide bonds. The van der Waals surface area contributed by atoms with Gasteiger partial charge in [0.1, 0.15) is 5.75 Å². The van der Waals surface area contributed by atoms with E-state index in [-0.39, 0.29) is 17.9 Å². The Kier molecular flexibility index (Phi) is 6.48. The van der Waals surface area contributed by atoms with Crippen LogP contribution in [0, 0.1) is 6.92 Å². The van der Waals surface area contributed by atoms with Crippen LogP contribution in [-0.2, 0) is 4.79 Å². The molecule has 2 aromatic carbocycles. The Morgan fingerprint density at radius 2 is 1.89 bits per heavy atom. The normalized spacial score (nSPS) is 14.2. The van der Waals surface area contributed by atoms with Crippen molar-refractivity contribution >= 4 is 23.6 Å². The number of ether oxygens (including phenoxy) is 1. The zero-order chi connectivity index (χ0) is 19.9.